The quantitative estimate of drug-likeness (QED) is 0.768. The summed E-state index contributed by atoms with van der Waals surface area (Å²) in [7, 11) is 1.85. The highest BCUT2D eigenvalue weighted by atomic mass is 16.6. The monoisotopic (exact) mass is 268 g/mol. The fourth-order valence-corrected chi connectivity index (χ4v) is 2.35. The van der Waals surface area contributed by atoms with Crippen LogP contribution < -0.4 is 0 Å². The summed E-state index contributed by atoms with van der Waals surface area (Å²) in [5, 5.41) is 0. The highest BCUT2D eigenvalue weighted by Gasteiger charge is 2.38. The fraction of sp³-hybridized carbons (Fsp3) is 0.857. The number of ether oxygens (including phenoxy) is 1. The predicted molar refractivity (Wildman–Crippen MR) is 71.7 cm³/mol. The van der Waals surface area contributed by atoms with Gasteiger partial charge in [0.05, 0.1) is 6.04 Å². The molecule has 1 heterocycles. The van der Waals surface area contributed by atoms with Gasteiger partial charge in [0.25, 0.3) is 0 Å². The highest BCUT2D eigenvalue weighted by Crippen LogP contribution is 2.32. The number of hydrogen-bond acceptors (Lipinski definition) is 3. The summed E-state index contributed by atoms with van der Waals surface area (Å²) < 4.78 is 5.35. The Hall–Kier alpha value is -1.26. The van der Waals surface area contributed by atoms with Crippen LogP contribution in [-0.2, 0) is 9.53 Å². The van der Waals surface area contributed by atoms with E-state index < -0.39 is 5.60 Å². The van der Waals surface area contributed by atoms with Gasteiger partial charge >= 0.3 is 6.09 Å². The van der Waals surface area contributed by atoms with Crippen molar-refractivity contribution >= 4 is 12.0 Å². The van der Waals surface area contributed by atoms with Gasteiger partial charge in [-0.05, 0) is 40.0 Å². The zero-order valence-electron chi connectivity index (χ0n) is 12.3. The summed E-state index contributed by atoms with van der Waals surface area (Å²) in [6.45, 7) is 6.84. The van der Waals surface area contributed by atoms with E-state index in [4.69, 9.17) is 4.74 Å². The molecule has 2 amide bonds. The van der Waals surface area contributed by atoms with Crippen molar-refractivity contribution in [1.29, 1.82) is 0 Å². The Morgan fingerprint density at radius 1 is 1.21 bits per heavy atom. The molecule has 1 aliphatic carbocycles. The van der Waals surface area contributed by atoms with E-state index in [9.17, 15) is 9.59 Å². The SMILES string of the molecule is CN(C(=O)C1CC1)[C@H]1CCN(C(=O)OC(C)(C)C)C1. The molecule has 0 aromatic rings. The second-order valence-electron chi connectivity index (χ2n) is 6.59. The summed E-state index contributed by atoms with van der Waals surface area (Å²) in [6.07, 6.45) is 2.60. The summed E-state index contributed by atoms with van der Waals surface area (Å²) in [5.74, 6) is 0.469. The molecule has 2 aliphatic rings. The van der Waals surface area contributed by atoms with E-state index in [2.05, 4.69) is 0 Å². The molecule has 0 N–H and O–H groups in total. The Morgan fingerprint density at radius 3 is 2.37 bits per heavy atom. The lowest BCUT2D eigenvalue weighted by atomic mass is 10.2. The van der Waals surface area contributed by atoms with E-state index in [1.165, 1.54) is 0 Å². The molecule has 0 spiro atoms. The van der Waals surface area contributed by atoms with Crippen molar-refractivity contribution < 1.29 is 14.3 Å². The Kier molecular flexibility index (Phi) is 3.74. The number of amides is 2. The van der Waals surface area contributed by atoms with E-state index in [-0.39, 0.29) is 24.0 Å². The molecule has 5 nitrogen and oxygen atoms in total. The van der Waals surface area contributed by atoms with Gasteiger partial charge in [0, 0.05) is 26.1 Å². The molecule has 0 aromatic carbocycles. The summed E-state index contributed by atoms with van der Waals surface area (Å²) in [5.41, 5.74) is -0.467. The van der Waals surface area contributed by atoms with Gasteiger partial charge in [-0.1, -0.05) is 0 Å². The first-order valence-electron chi connectivity index (χ1n) is 7.02. The molecular weight excluding hydrogens is 244 g/mol. The number of carbonyl (C=O) groups excluding carboxylic acids is 2. The van der Waals surface area contributed by atoms with Crippen LogP contribution in [0.1, 0.15) is 40.0 Å². The van der Waals surface area contributed by atoms with Gasteiger partial charge in [0.2, 0.25) is 5.91 Å². The molecule has 1 atom stereocenters. The first kappa shape index (κ1) is 14.2. The topological polar surface area (TPSA) is 49.9 Å². The van der Waals surface area contributed by atoms with Gasteiger partial charge in [-0.25, -0.2) is 4.79 Å². The van der Waals surface area contributed by atoms with Gasteiger partial charge in [-0.3, -0.25) is 4.79 Å². The van der Waals surface area contributed by atoms with E-state index in [1.807, 2.05) is 32.7 Å². The zero-order chi connectivity index (χ0) is 14.2. The molecule has 5 heteroatoms. The highest BCUT2D eigenvalue weighted by molar-refractivity contribution is 5.81. The lowest BCUT2D eigenvalue weighted by Gasteiger charge is -2.26. The molecule has 1 saturated carbocycles. The third-order valence-corrected chi connectivity index (χ3v) is 3.64. The Labute approximate surface area is 114 Å². The van der Waals surface area contributed by atoms with Gasteiger partial charge in [0.15, 0.2) is 0 Å². The van der Waals surface area contributed by atoms with E-state index >= 15 is 0 Å². The van der Waals surface area contributed by atoms with Crippen LogP contribution in [0.4, 0.5) is 4.79 Å². The first-order valence-corrected chi connectivity index (χ1v) is 7.02. The fourth-order valence-electron chi connectivity index (χ4n) is 2.35. The normalized spacial score (nSPS) is 23.4. The van der Waals surface area contributed by atoms with Crippen molar-refractivity contribution in [1.82, 2.24) is 9.80 Å². The van der Waals surface area contributed by atoms with Crippen LogP contribution in [0, 0.1) is 5.92 Å². The largest absolute Gasteiger partial charge is 0.444 e. The molecular formula is C14H24N2O3. The van der Waals surface area contributed by atoms with E-state index in [0.717, 1.165) is 19.3 Å². The Balaban J connectivity index is 1.85. The molecule has 0 radical (unpaired) electrons. The molecule has 0 bridgehead atoms. The van der Waals surface area contributed by atoms with Gasteiger partial charge in [0.1, 0.15) is 5.60 Å². The maximum absolute atomic E-state index is 12.0. The maximum Gasteiger partial charge on any atom is 0.410 e. The molecule has 1 saturated heterocycles. The minimum atomic E-state index is -0.467. The number of nitrogens with zero attached hydrogens (tertiary/aromatic N) is 2. The zero-order valence-corrected chi connectivity index (χ0v) is 12.3. The van der Waals surface area contributed by atoms with Crippen LogP contribution in [-0.4, -0.2) is 53.6 Å². The standard InChI is InChI=1S/C14H24N2O3/c1-14(2,3)19-13(18)16-8-7-11(9-16)15(4)12(17)10-5-6-10/h10-11H,5-9H2,1-4H3/t11-/m0/s1. The number of carbonyl (C=O) groups is 2. The van der Waals surface area contributed by atoms with E-state index in [0.29, 0.717) is 13.1 Å². The van der Waals surface area contributed by atoms with Crippen LogP contribution in [0.2, 0.25) is 0 Å². The average molecular weight is 268 g/mol. The Morgan fingerprint density at radius 2 is 1.84 bits per heavy atom. The lowest BCUT2D eigenvalue weighted by Crippen LogP contribution is -2.41. The Bertz CT molecular complexity index is 371. The summed E-state index contributed by atoms with van der Waals surface area (Å²) in [4.78, 5) is 27.5. The smallest absolute Gasteiger partial charge is 0.410 e. The van der Waals surface area contributed by atoms with Crippen LogP contribution >= 0.6 is 0 Å². The third kappa shape index (κ3) is 3.61. The molecule has 0 aromatic heterocycles. The van der Waals surface area contributed by atoms with Crippen molar-refractivity contribution in [2.24, 2.45) is 5.92 Å². The van der Waals surface area contributed by atoms with Crippen molar-refractivity contribution in [3.05, 3.63) is 0 Å². The first-order chi connectivity index (χ1) is 8.78. The van der Waals surface area contributed by atoms with Crippen molar-refractivity contribution in [2.75, 3.05) is 20.1 Å². The number of likely N-dealkylation sites (N-methyl/N-ethyl adjacent to an activating group) is 1. The predicted octanol–water partition coefficient (Wildman–Crippen LogP) is 1.86. The van der Waals surface area contributed by atoms with Crippen LogP contribution in [0.15, 0.2) is 0 Å². The van der Waals surface area contributed by atoms with Crippen LogP contribution in [0.25, 0.3) is 0 Å². The van der Waals surface area contributed by atoms with Crippen molar-refractivity contribution in [3.8, 4) is 0 Å². The molecule has 0 unspecified atom stereocenters. The van der Waals surface area contributed by atoms with Crippen LogP contribution in [0.3, 0.4) is 0 Å². The minimum absolute atomic E-state index is 0.139. The maximum atomic E-state index is 12.0. The molecule has 2 rings (SSSR count). The van der Waals surface area contributed by atoms with Gasteiger partial charge < -0.3 is 14.5 Å². The third-order valence-electron chi connectivity index (χ3n) is 3.64. The van der Waals surface area contributed by atoms with Crippen molar-refractivity contribution in [3.63, 3.8) is 0 Å². The molecule has 2 fully saturated rings. The van der Waals surface area contributed by atoms with Gasteiger partial charge in [-0.2, -0.15) is 0 Å². The summed E-state index contributed by atoms with van der Waals surface area (Å²) in [6, 6.07) is 0.139. The van der Waals surface area contributed by atoms with E-state index in [1.54, 1.807) is 4.90 Å². The van der Waals surface area contributed by atoms with Crippen molar-refractivity contribution in [2.45, 2.75) is 51.7 Å². The minimum Gasteiger partial charge on any atom is -0.444 e. The second-order valence-corrected chi connectivity index (χ2v) is 6.59. The number of likely N-dealkylation sites (tertiary alicyclic amines) is 1. The van der Waals surface area contributed by atoms with Gasteiger partial charge in [-0.15, -0.1) is 0 Å². The average Bonchev–Trinajstić information content (AvgIpc) is 3.02. The lowest BCUT2D eigenvalue weighted by molar-refractivity contribution is -0.133. The number of rotatable bonds is 2. The van der Waals surface area contributed by atoms with Crippen LogP contribution in [0.5, 0.6) is 0 Å². The summed E-state index contributed by atoms with van der Waals surface area (Å²) >= 11 is 0. The molecule has 19 heavy (non-hydrogen) atoms. The molecule has 1 aliphatic heterocycles. The molecule has 108 valence electrons. The second kappa shape index (κ2) is 5.02. The number of hydrogen-bond donors (Lipinski definition) is 0.